The topological polar surface area (TPSA) is 127 Å². The molecule has 0 radical (unpaired) electrons. The van der Waals surface area contributed by atoms with E-state index in [1.54, 1.807) is 6.20 Å². The molecule has 0 bridgehead atoms. The average Bonchev–Trinajstić information content (AvgIpc) is 3.86. The predicted octanol–water partition coefficient (Wildman–Crippen LogP) is 3.71. The summed E-state index contributed by atoms with van der Waals surface area (Å²) in [7, 11) is 0. The van der Waals surface area contributed by atoms with Gasteiger partial charge in [-0.3, -0.25) is 9.59 Å². The largest absolute Gasteiger partial charge is 0.492 e. The Morgan fingerprint density at radius 1 is 0.974 bits per heavy atom. The summed E-state index contributed by atoms with van der Waals surface area (Å²) in [5, 5.41) is 6.34. The smallest absolute Gasteiger partial charge is 0.255 e. The lowest BCUT2D eigenvalue weighted by atomic mass is 9.91. The number of aromatic nitrogens is 3. The van der Waals surface area contributed by atoms with Crippen molar-refractivity contribution in [1.82, 2.24) is 25.6 Å². The third-order valence-electron chi connectivity index (χ3n) is 7.97. The van der Waals surface area contributed by atoms with Crippen molar-refractivity contribution in [1.29, 1.82) is 0 Å². The third kappa shape index (κ3) is 4.52. The average molecular weight is 518 g/mol. The SMILES string of the molecule is O=C(N[C@H]1CC[C@H](NC(=O)C2CC2)CC1)c1c[nH]c2c(-c3c(OCC4CC4)ccc4c3OCO4)ncnc12. The van der Waals surface area contributed by atoms with E-state index in [0.29, 0.717) is 57.6 Å². The van der Waals surface area contributed by atoms with Crippen molar-refractivity contribution in [3.8, 4) is 28.5 Å². The summed E-state index contributed by atoms with van der Waals surface area (Å²) in [4.78, 5) is 37.6. The molecule has 2 amide bonds. The molecule has 3 N–H and O–H groups in total. The first kappa shape index (κ1) is 23.3. The van der Waals surface area contributed by atoms with Crippen LogP contribution in [0.25, 0.3) is 22.3 Å². The number of hydrogen-bond acceptors (Lipinski definition) is 7. The van der Waals surface area contributed by atoms with Gasteiger partial charge >= 0.3 is 0 Å². The van der Waals surface area contributed by atoms with Crippen LogP contribution in [0, 0.1) is 11.8 Å². The van der Waals surface area contributed by atoms with Crippen molar-refractivity contribution in [3.05, 3.63) is 30.2 Å². The minimum Gasteiger partial charge on any atom is -0.492 e. The number of carbonyl (C=O) groups is 2. The van der Waals surface area contributed by atoms with Crippen LogP contribution in [0.1, 0.15) is 61.7 Å². The van der Waals surface area contributed by atoms with Gasteiger partial charge in [0, 0.05) is 24.2 Å². The molecule has 7 rings (SSSR count). The van der Waals surface area contributed by atoms with E-state index in [0.717, 1.165) is 38.5 Å². The zero-order valence-corrected chi connectivity index (χ0v) is 21.1. The molecule has 3 aromatic rings. The Morgan fingerprint density at radius 3 is 2.53 bits per heavy atom. The molecule has 3 fully saturated rings. The van der Waals surface area contributed by atoms with Crippen molar-refractivity contribution < 1.29 is 23.8 Å². The van der Waals surface area contributed by atoms with Gasteiger partial charge in [0.05, 0.1) is 23.3 Å². The van der Waals surface area contributed by atoms with Gasteiger partial charge in [0.2, 0.25) is 12.7 Å². The van der Waals surface area contributed by atoms with Crippen molar-refractivity contribution in [3.63, 3.8) is 0 Å². The molecule has 0 spiro atoms. The maximum atomic E-state index is 13.3. The Bertz CT molecular complexity index is 1390. The summed E-state index contributed by atoms with van der Waals surface area (Å²) in [6.07, 6.45) is 10.9. The lowest BCUT2D eigenvalue weighted by Gasteiger charge is -2.29. The van der Waals surface area contributed by atoms with Crippen LogP contribution in [0.5, 0.6) is 17.2 Å². The van der Waals surface area contributed by atoms with Gasteiger partial charge in [-0.15, -0.1) is 0 Å². The van der Waals surface area contributed by atoms with E-state index >= 15 is 0 Å². The van der Waals surface area contributed by atoms with E-state index in [4.69, 9.17) is 14.2 Å². The Hall–Kier alpha value is -3.82. The van der Waals surface area contributed by atoms with Gasteiger partial charge in [-0.25, -0.2) is 9.97 Å². The zero-order valence-electron chi connectivity index (χ0n) is 21.1. The highest BCUT2D eigenvalue weighted by molar-refractivity contribution is 6.08. The number of fused-ring (bicyclic) bond motifs is 2. The third-order valence-corrected chi connectivity index (χ3v) is 7.97. The number of hydrogen-bond donors (Lipinski definition) is 3. The van der Waals surface area contributed by atoms with E-state index in [9.17, 15) is 9.59 Å². The van der Waals surface area contributed by atoms with Gasteiger partial charge in [0.25, 0.3) is 5.91 Å². The van der Waals surface area contributed by atoms with Crippen molar-refractivity contribution in [2.24, 2.45) is 11.8 Å². The standard InChI is InChI=1S/C28H31N5O5/c34-27(16-3-4-16)32-17-5-7-18(8-6-17)33-28(35)19-11-29-25-23(19)30-13-31-24(25)22-20(36-12-15-1-2-15)9-10-21-26(22)38-14-37-21/h9-11,13,15-18,29H,1-8,12,14H2,(H,32,34)(H,33,35)/t17-,18-. The molecule has 3 heterocycles. The number of benzene rings is 1. The first-order valence-electron chi connectivity index (χ1n) is 13.6. The van der Waals surface area contributed by atoms with Gasteiger partial charge in [-0.2, -0.15) is 0 Å². The highest BCUT2D eigenvalue weighted by Gasteiger charge is 2.33. The lowest BCUT2D eigenvalue weighted by molar-refractivity contribution is -0.123. The summed E-state index contributed by atoms with van der Waals surface area (Å²) < 4.78 is 17.6. The first-order chi connectivity index (χ1) is 18.6. The minimum absolute atomic E-state index is 0.0632. The summed E-state index contributed by atoms with van der Waals surface area (Å²) >= 11 is 0. The molecular formula is C28H31N5O5. The first-order valence-corrected chi connectivity index (χ1v) is 13.6. The van der Waals surface area contributed by atoms with Crippen LogP contribution < -0.4 is 24.8 Å². The molecule has 2 aromatic heterocycles. The van der Waals surface area contributed by atoms with Crippen LogP contribution in [0.15, 0.2) is 24.7 Å². The number of amides is 2. The van der Waals surface area contributed by atoms with Gasteiger partial charge in [-0.1, -0.05) is 0 Å². The molecule has 10 nitrogen and oxygen atoms in total. The van der Waals surface area contributed by atoms with Crippen molar-refractivity contribution in [2.75, 3.05) is 13.4 Å². The maximum Gasteiger partial charge on any atom is 0.255 e. The summed E-state index contributed by atoms with van der Waals surface area (Å²) in [6.45, 7) is 0.777. The minimum atomic E-state index is -0.172. The zero-order chi connectivity index (χ0) is 25.6. The van der Waals surface area contributed by atoms with Crippen molar-refractivity contribution >= 4 is 22.8 Å². The monoisotopic (exact) mass is 517 g/mol. The van der Waals surface area contributed by atoms with E-state index in [1.807, 2.05) is 12.1 Å². The highest BCUT2D eigenvalue weighted by atomic mass is 16.7. The van der Waals surface area contributed by atoms with Crippen LogP contribution in [-0.2, 0) is 4.79 Å². The molecule has 3 aliphatic carbocycles. The quantitative estimate of drug-likeness (QED) is 0.416. The number of ether oxygens (including phenoxy) is 3. The van der Waals surface area contributed by atoms with Crippen LogP contribution in [0.4, 0.5) is 0 Å². The fourth-order valence-electron chi connectivity index (χ4n) is 5.40. The number of nitrogens with zero attached hydrogens (tertiary/aromatic N) is 2. The van der Waals surface area contributed by atoms with Gasteiger partial charge < -0.3 is 29.8 Å². The molecular weight excluding hydrogens is 486 g/mol. The fraction of sp³-hybridized carbons (Fsp3) is 0.500. The number of carbonyl (C=O) groups excluding carboxylic acids is 2. The molecule has 3 saturated carbocycles. The van der Waals surface area contributed by atoms with Gasteiger partial charge in [-0.05, 0) is 69.4 Å². The fourth-order valence-corrected chi connectivity index (χ4v) is 5.40. The Labute approximate surface area is 219 Å². The maximum absolute atomic E-state index is 13.3. The van der Waals surface area contributed by atoms with Gasteiger partial charge in [0.1, 0.15) is 23.3 Å². The normalized spacial score (nSPS) is 22.3. The van der Waals surface area contributed by atoms with E-state index in [1.165, 1.54) is 19.2 Å². The van der Waals surface area contributed by atoms with E-state index < -0.39 is 0 Å². The Kier molecular flexibility index (Phi) is 5.82. The second kappa shape index (κ2) is 9.49. The van der Waals surface area contributed by atoms with Crippen LogP contribution in [0.2, 0.25) is 0 Å². The molecule has 10 heteroatoms. The van der Waals surface area contributed by atoms with Crippen LogP contribution in [-0.4, -0.2) is 52.2 Å². The molecule has 0 unspecified atom stereocenters. The molecule has 4 aliphatic rings. The van der Waals surface area contributed by atoms with E-state index in [2.05, 4.69) is 25.6 Å². The molecule has 1 aromatic carbocycles. The molecule has 1 aliphatic heterocycles. The summed E-state index contributed by atoms with van der Waals surface area (Å²) in [5.41, 5.74) is 2.97. The number of H-pyrrole nitrogens is 1. The Balaban J connectivity index is 1.10. The number of aromatic amines is 1. The van der Waals surface area contributed by atoms with Crippen molar-refractivity contribution in [2.45, 2.75) is 63.5 Å². The molecule has 198 valence electrons. The lowest BCUT2D eigenvalue weighted by Crippen LogP contribution is -2.44. The molecule has 0 saturated heterocycles. The molecule has 38 heavy (non-hydrogen) atoms. The second-order valence-electron chi connectivity index (χ2n) is 10.9. The second-order valence-corrected chi connectivity index (χ2v) is 10.9. The van der Waals surface area contributed by atoms with Crippen LogP contribution >= 0.6 is 0 Å². The van der Waals surface area contributed by atoms with Gasteiger partial charge in [0.15, 0.2) is 11.5 Å². The number of rotatable bonds is 8. The molecule has 0 atom stereocenters. The summed E-state index contributed by atoms with van der Waals surface area (Å²) in [5.74, 6) is 2.72. The number of nitrogens with one attached hydrogen (secondary N) is 3. The highest BCUT2D eigenvalue weighted by Crippen LogP contribution is 2.48. The summed E-state index contributed by atoms with van der Waals surface area (Å²) in [6, 6.07) is 4.01. The predicted molar refractivity (Wildman–Crippen MR) is 138 cm³/mol. The Morgan fingerprint density at radius 2 is 1.76 bits per heavy atom. The van der Waals surface area contributed by atoms with E-state index in [-0.39, 0.29) is 36.6 Å². The van der Waals surface area contributed by atoms with Crippen LogP contribution in [0.3, 0.4) is 0 Å².